The first-order valence-corrected chi connectivity index (χ1v) is 13.3. The molecule has 0 heterocycles. The van der Waals surface area contributed by atoms with Gasteiger partial charge in [-0.2, -0.15) is 0 Å². The van der Waals surface area contributed by atoms with E-state index in [0.717, 1.165) is 6.42 Å². The molecule has 0 radical (unpaired) electrons. The van der Waals surface area contributed by atoms with Crippen molar-refractivity contribution in [1.82, 2.24) is 0 Å². The van der Waals surface area contributed by atoms with Crippen LogP contribution in [0.2, 0.25) is 0 Å². The van der Waals surface area contributed by atoms with Gasteiger partial charge in [-0.05, 0) is 12.8 Å². The van der Waals surface area contributed by atoms with Crippen molar-refractivity contribution in [2.45, 2.75) is 109 Å². The van der Waals surface area contributed by atoms with Crippen LogP contribution in [-0.4, -0.2) is 44.8 Å². The van der Waals surface area contributed by atoms with E-state index in [2.05, 4.69) is 6.92 Å². The average Bonchev–Trinajstić information content (AvgIpc) is 2.71. The van der Waals surface area contributed by atoms with Crippen LogP contribution < -0.4 is 0 Å². The van der Waals surface area contributed by atoms with Crippen LogP contribution in [0.5, 0.6) is 0 Å². The van der Waals surface area contributed by atoms with Crippen LogP contribution in [0.3, 0.4) is 0 Å². The molecule has 1 unspecified atom stereocenters. The molecule has 0 fully saturated rings. The molecule has 0 aromatic carbocycles. The minimum absolute atomic E-state index is 0.212. The van der Waals surface area contributed by atoms with E-state index in [1.165, 1.54) is 97.7 Å². The van der Waals surface area contributed by atoms with Crippen LogP contribution in [0.15, 0.2) is 0 Å². The summed E-state index contributed by atoms with van der Waals surface area (Å²) in [7, 11) is -0.299. The third-order valence-corrected chi connectivity index (χ3v) is 7.16. The van der Waals surface area contributed by atoms with Crippen molar-refractivity contribution in [2.24, 2.45) is 0 Å². The van der Waals surface area contributed by atoms with Crippen molar-refractivity contribution in [3.8, 4) is 0 Å². The summed E-state index contributed by atoms with van der Waals surface area (Å²) in [4.78, 5) is 0. The molecule has 0 aliphatic rings. The van der Waals surface area contributed by atoms with Crippen molar-refractivity contribution in [1.29, 1.82) is 0 Å². The van der Waals surface area contributed by atoms with Gasteiger partial charge in [-0.15, -0.1) is 0 Å². The Balaban J connectivity index is 3.26. The highest BCUT2D eigenvalue weighted by atomic mass is 31.2. The van der Waals surface area contributed by atoms with Crippen molar-refractivity contribution < 1.29 is 23.5 Å². The van der Waals surface area contributed by atoms with E-state index in [4.69, 9.17) is 13.8 Å². The van der Waals surface area contributed by atoms with E-state index in [9.17, 15) is 9.67 Å². The number of ether oxygens (including phenoxy) is 1. The topological polar surface area (TPSA) is 65.0 Å². The molecule has 6 heteroatoms. The first-order chi connectivity index (χ1) is 13.6. The summed E-state index contributed by atoms with van der Waals surface area (Å²) in [5.74, 6) is 0. The van der Waals surface area contributed by atoms with Crippen LogP contribution in [0.4, 0.5) is 0 Å². The zero-order valence-electron chi connectivity index (χ0n) is 18.8. The monoisotopic (exact) mass is 422 g/mol. The van der Waals surface area contributed by atoms with Gasteiger partial charge in [0.25, 0.3) is 0 Å². The predicted octanol–water partition coefficient (Wildman–Crippen LogP) is 6.72. The number of unbranched alkanes of at least 4 members (excludes halogenated alkanes) is 13. The van der Waals surface area contributed by atoms with E-state index >= 15 is 0 Å². The molecule has 0 aliphatic carbocycles. The fourth-order valence-corrected chi connectivity index (χ4v) is 4.39. The van der Waals surface area contributed by atoms with Crippen LogP contribution in [0.25, 0.3) is 0 Å². The molecule has 0 aliphatic heterocycles. The van der Waals surface area contributed by atoms with Gasteiger partial charge in [-0.25, -0.2) is 0 Å². The molecule has 0 saturated carbocycles. The van der Waals surface area contributed by atoms with Crippen molar-refractivity contribution >= 4 is 7.60 Å². The Morgan fingerprint density at radius 2 is 1.18 bits per heavy atom. The second kappa shape index (κ2) is 20.3. The van der Waals surface area contributed by atoms with Crippen molar-refractivity contribution in [3.05, 3.63) is 0 Å². The average molecular weight is 423 g/mol. The summed E-state index contributed by atoms with van der Waals surface area (Å²) < 4.78 is 27.1. The molecular weight excluding hydrogens is 375 g/mol. The molecule has 5 nitrogen and oxygen atoms in total. The Hall–Kier alpha value is 0.0700. The van der Waals surface area contributed by atoms with Gasteiger partial charge >= 0.3 is 7.60 Å². The van der Waals surface area contributed by atoms with E-state index < -0.39 is 13.7 Å². The molecule has 1 N–H and O–H groups in total. The molecule has 0 bridgehead atoms. The van der Waals surface area contributed by atoms with Gasteiger partial charge < -0.3 is 18.9 Å². The quantitative estimate of drug-likeness (QED) is 0.155. The number of aliphatic hydroxyl groups excluding tert-OH is 1. The zero-order chi connectivity index (χ0) is 20.9. The van der Waals surface area contributed by atoms with Gasteiger partial charge in [0.15, 0.2) is 0 Å². The van der Waals surface area contributed by atoms with E-state index in [0.29, 0.717) is 13.0 Å². The summed E-state index contributed by atoms with van der Waals surface area (Å²) in [6.07, 6.45) is 18.7. The van der Waals surface area contributed by atoms with Gasteiger partial charge in [0, 0.05) is 20.8 Å². The summed E-state index contributed by atoms with van der Waals surface area (Å²) in [5.41, 5.74) is 0. The Kier molecular flexibility index (Phi) is 20.4. The second-order valence-corrected chi connectivity index (χ2v) is 10.2. The van der Waals surface area contributed by atoms with Crippen LogP contribution in [-0.2, 0) is 18.3 Å². The smallest absolute Gasteiger partial charge is 0.330 e. The number of aliphatic hydroxyl groups is 1. The Morgan fingerprint density at radius 1 is 0.750 bits per heavy atom. The fraction of sp³-hybridized carbons (Fsp3) is 1.00. The third-order valence-electron chi connectivity index (χ3n) is 5.24. The maximum absolute atomic E-state index is 11.9. The molecule has 0 saturated heterocycles. The molecular formula is C22H47O5P. The highest BCUT2D eigenvalue weighted by molar-refractivity contribution is 7.53. The first kappa shape index (κ1) is 28.1. The van der Waals surface area contributed by atoms with Crippen LogP contribution in [0.1, 0.15) is 103 Å². The van der Waals surface area contributed by atoms with E-state index in [1.54, 1.807) is 0 Å². The summed E-state index contributed by atoms with van der Waals surface area (Å²) >= 11 is 0. The molecule has 0 rings (SSSR count). The maximum atomic E-state index is 11.9. The van der Waals surface area contributed by atoms with Gasteiger partial charge in [0.05, 0.1) is 18.9 Å². The standard InChI is InChI=1S/C22H47O5P/c1-4-5-6-7-8-9-10-11-12-13-14-15-16-17-19-27-21-22(23)18-20-28(24,25-2)26-3/h22-23H,4-21H2,1-3H3. The lowest BCUT2D eigenvalue weighted by molar-refractivity contribution is 0.0331. The van der Waals surface area contributed by atoms with Gasteiger partial charge in [-0.3, -0.25) is 4.57 Å². The summed E-state index contributed by atoms with van der Waals surface area (Å²) in [5, 5.41) is 9.86. The minimum Gasteiger partial charge on any atom is -0.391 e. The first-order valence-electron chi connectivity index (χ1n) is 11.5. The summed E-state index contributed by atoms with van der Waals surface area (Å²) in [6.45, 7) is 3.24. The third kappa shape index (κ3) is 18.1. The second-order valence-electron chi connectivity index (χ2n) is 7.81. The molecule has 0 aromatic heterocycles. The number of rotatable bonds is 22. The van der Waals surface area contributed by atoms with E-state index in [-0.39, 0.29) is 12.8 Å². The highest BCUT2D eigenvalue weighted by Gasteiger charge is 2.22. The van der Waals surface area contributed by atoms with Gasteiger partial charge in [0.2, 0.25) is 0 Å². The molecule has 28 heavy (non-hydrogen) atoms. The van der Waals surface area contributed by atoms with Crippen molar-refractivity contribution in [2.75, 3.05) is 33.6 Å². The Bertz CT molecular complexity index is 357. The Morgan fingerprint density at radius 3 is 1.61 bits per heavy atom. The van der Waals surface area contributed by atoms with Crippen LogP contribution >= 0.6 is 7.60 Å². The fourth-order valence-electron chi connectivity index (χ4n) is 3.27. The van der Waals surface area contributed by atoms with Crippen LogP contribution in [0, 0.1) is 0 Å². The highest BCUT2D eigenvalue weighted by Crippen LogP contribution is 2.46. The predicted molar refractivity (Wildman–Crippen MR) is 118 cm³/mol. The maximum Gasteiger partial charge on any atom is 0.330 e. The molecule has 1 atom stereocenters. The van der Waals surface area contributed by atoms with Crippen molar-refractivity contribution in [3.63, 3.8) is 0 Å². The molecule has 0 aromatic rings. The lowest BCUT2D eigenvalue weighted by atomic mass is 10.0. The zero-order valence-corrected chi connectivity index (χ0v) is 19.7. The summed E-state index contributed by atoms with van der Waals surface area (Å²) in [6, 6.07) is 0. The molecule has 170 valence electrons. The van der Waals surface area contributed by atoms with Gasteiger partial charge in [0.1, 0.15) is 0 Å². The normalized spacial score (nSPS) is 13.1. The number of hydrogen-bond acceptors (Lipinski definition) is 5. The number of hydrogen-bond donors (Lipinski definition) is 1. The Labute approximate surface area is 174 Å². The SMILES string of the molecule is CCCCCCCCCCCCCCCCOCC(O)CCP(=O)(OC)OC. The largest absolute Gasteiger partial charge is 0.391 e. The van der Waals surface area contributed by atoms with E-state index in [1.807, 2.05) is 0 Å². The lowest BCUT2D eigenvalue weighted by Crippen LogP contribution is -2.17. The molecule has 0 amide bonds. The molecule has 0 spiro atoms. The minimum atomic E-state index is -3.03. The lowest BCUT2D eigenvalue weighted by Gasteiger charge is -2.16. The van der Waals surface area contributed by atoms with Gasteiger partial charge in [-0.1, -0.05) is 90.4 Å².